The first-order valence-corrected chi connectivity index (χ1v) is 11.7. The lowest BCUT2D eigenvalue weighted by Gasteiger charge is -2.24. The Balaban J connectivity index is 1.92. The van der Waals surface area contributed by atoms with Gasteiger partial charge < -0.3 is 20.3 Å². The molecule has 0 aromatic carbocycles. The Morgan fingerprint density at radius 3 is 2.52 bits per heavy atom. The molecule has 0 spiro atoms. The monoisotopic (exact) mass is 402 g/mol. The molecule has 2 N–H and O–H groups in total. The second kappa shape index (κ2) is 8.24. The van der Waals surface area contributed by atoms with Crippen LogP contribution in [-0.4, -0.2) is 75.2 Å². The molecule has 2 aliphatic rings. The molecule has 1 atom stereocenters. The van der Waals surface area contributed by atoms with Crippen molar-refractivity contribution in [1.82, 2.24) is 15.5 Å². The van der Waals surface area contributed by atoms with Crippen molar-refractivity contribution in [2.45, 2.75) is 58.6 Å². The van der Waals surface area contributed by atoms with E-state index in [0.29, 0.717) is 13.1 Å². The maximum Gasteiger partial charge on any atom is 0.407 e. The van der Waals surface area contributed by atoms with E-state index >= 15 is 0 Å². The van der Waals surface area contributed by atoms with E-state index < -0.39 is 21.5 Å². The first-order chi connectivity index (χ1) is 12.4. The minimum absolute atomic E-state index is 0.00890. The number of nitrogens with zero attached hydrogens (tertiary/aromatic N) is 2. The van der Waals surface area contributed by atoms with E-state index in [0.717, 1.165) is 38.3 Å². The van der Waals surface area contributed by atoms with Crippen LogP contribution >= 0.6 is 0 Å². The standard InChI is InChI=1S/C18H34N4O4S/c1-6-19-15(20-12-18(8-9-18)13-27(5,24)25)22-10-7-14(11-22)21-16(23)26-17(2,3)4/h14H,6-13H2,1-5H3,(H,19,20)(H,21,23)/t14-/m1/s1. The van der Waals surface area contributed by atoms with Gasteiger partial charge in [-0.15, -0.1) is 0 Å². The van der Waals surface area contributed by atoms with Crippen LogP contribution < -0.4 is 10.6 Å². The fraction of sp³-hybridized carbons (Fsp3) is 0.889. The number of likely N-dealkylation sites (tertiary alicyclic amines) is 1. The average molecular weight is 403 g/mol. The van der Waals surface area contributed by atoms with Crippen LogP contribution in [-0.2, 0) is 14.6 Å². The summed E-state index contributed by atoms with van der Waals surface area (Å²) in [6.45, 7) is 10.2. The maximum absolute atomic E-state index is 12.0. The molecule has 2 rings (SSSR count). The average Bonchev–Trinajstić information content (AvgIpc) is 3.07. The van der Waals surface area contributed by atoms with Crippen molar-refractivity contribution in [2.24, 2.45) is 10.4 Å². The van der Waals surface area contributed by atoms with Crippen LogP contribution in [0.5, 0.6) is 0 Å². The third-order valence-electron chi connectivity index (χ3n) is 4.63. The van der Waals surface area contributed by atoms with E-state index in [4.69, 9.17) is 9.73 Å². The topological polar surface area (TPSA) is 100 Å². The minimum Gasteiger partial charge on any atom is -0.444 e. The van der Waals surface area contributed by atoms with Gasteiger partial charge in [-0.1, -0.05) is 0 Å². The van der Waals surface area contributed by atoms with Crippen LogP contribution in [0.4, 0.5) is 4.79 Å². The molecule has 27 heavy (non-hydrogen) atoms. The van der Waals surface area contributed by atoms with Crippen LogP contribution in [0.15, 0.2) is 4.99 Å². The lowest BCUT2D eigenvalue weighted by atomic mass is 10.1. The second-order valence-corrected chi connectivity index (χ2v) is 11.0. The van der Waals surface area contributed by atoms with Gasteiger partial charge in [0.2, 0.25) is 0 Å². The SMILES string of the molecule is CCNC(=NCC1(CS(C)(=O)=O)CC1)N1CC[C@@H](NC(=O)OC(C)(C)C)C1. The molecule has 0 aromatic rings. The number of sulfone groups is 1. The number of amides is 1. The highest BCUT2D eigenvalue weighted by Crippen LogP contribution is 2.46. The van der Waals surface area contributed by atoms with Crippen molar-refractivity contribution in [3.05, 3.63) is 0 Å². The molecule has 1 aliphatic carbocycles. The zero-order chi connectivity index (χ0) is 20.3. The molecule has 2 fully saturated rings. The minimum atomic E-state index is -3.00. The predicted octanol–water partition coefficient (Wildman–Crippen LogP) is 1.38. The van der Waals surface area contributed by atoms with Crippen molar-refractivity contribution < 1.29 is 17.9 Å². The third-order valence-corrected chi connectivity index (χ3v) is 5.77. The van der Waals surface area contributed by atoms with Crippen LogP contribution in [0.3, 0.4) is 0 Å². The molecule has 1 aliphatic heterocycles. The first-order valence-electron chi connectivity index (χ1n) is 9.62. The van der Waals surface area contributed by atoms with Gasteiger partial charge >= 0.3 is 6.09 Å². The molecule has 9 heteroatoms. The van der Waals surface area contributed by atoms with E-state index in [2.05, 4.69) is 15.5 Å². The highest BCUT2D eigenvalue weighted by atomic mass is 32.2. The summed E-state index contributed by atoms with van der Waals surface area (Å²) in [4.78, 5) is 18.8. The first kappa shape index (κ1) is 21.8. The van der Waals surface area contributed by atoms with Gasteiger partial charge in [-0.3, -0.25) is 4.99 Å². The lowest BCUT2D eigenvalue weighted by Crippen LogP contribution is -2.44. The molecule has 156 valence electrons. The number of alkyl carbamates (subject to hydrolysis) is 1. The van der Waals surface area contributed by atoms with Crippen molar-refractivity contribution in [2.75, 3.05) is 38.2 Å². The normalized spacial score (nSPS) is 22.5. The van der Waals surface area contributed by atoms with Crippen molar-refractivity contribution in [3.63, 3.8) is 0 Å². The summed E-state index contributed by atoms with van der Waals surface area (Å²) in [5, 5.41) is 6.20. The zero-order valence-electron chi connectivity index (χ0n) is 17.2. The molecular formula is C18H34N4O4S. The molecule has 1 heterocycles. The molecule has 0 radical (unpaired) electrons. The van der Waals surface area contributed by atoms with Gasteiger partial charge in [0.1, 0.15) is 15.4 Å². The number of nitrogens with one attached hydrogen (secondary N) is 2. The lowest BCUT2D eigenvalue weighted by molar-refractivity contribution is 0.0507. The summed E-state index contributed by atoms with van der Waals surface area (Å²) >= 11 is 0. The molecule has 8 nitrogen and oxygen atoms in total. The largest absolute Gasteiger partial charge is 0.444 e. The van der Waals surface area contributed by atoms with Gasteiger partial charge in [-0.05, 0) is 47.0 Å². The molecular weight excluding hydrogens is 368 g/mol. The van der Waals surface area contributed by atoms with Gasteiger partial charge in [-0.25, -0.2) is 13.2 Å². The smallest absolute Gasteiger partial charge is 0.407 e. The molecule has 0 aromatic heterocycles. The molecule has 1 saturated heterocycles. The van der Waals surface area contributed by atoms with Gasteiger partial charge in [0.15, 0.2) is 5.96 Å². The number of ether oxygens (including phenoxy) is 1. The quantitative estimate of drug-likeness (QED) is 0.514. The molecule has 1 amide bonds. The number of guanidine groups is 1. The van der Waals surface area contributed by atoms with Crippen LogP contribution in [0.25, 0.3) is 0 Å². The van der Waals surface area contributed by atoms with Gasteiger partial charge in [-0.2, -0.15) is 0 Å². The molecule has 1 saturated carbocycles. The van der Waals surface area contributed by atoms with Gasteiger partial charge in [0, 0.05) is 37.8 Å². The van der Waals surface area contributed by atoms with E-state index in [1.807, 2.05) is 27.7 Å². The number of carbonyl (C=O) groups excluding carboxylic acids is 1. The van der Waals surface area contributed by atoms with Crippen molar-refractivity contribution >= 4 is 21.9 Å². The highest BCUT2D eigenvalue weighted by molar-refractivity contribution is 7.90. The van der Waals surface area contributed by atoms with Crippen molar-refractivity contribution in [1.29, 1.82) is 0 Å². The number of rotatable bonds is 6. The third kappa shape index (κ3) is 7.56. The fourth-order valence-electron chi connectivity index (χ4n) is 3.29. The van der Waals surface area contributed by atoms with E-state index in [1.54, 1.807) is 0 Å². The van der Waals surface area contributed by atoms with E-state index in [-0.39, 0.29) is 17.2 Å². The predicted molar refractivity (Wildman–Crippen MR) is 107 cm³/mol. The van der Waals surface area contributed by atoms with Crippen LogP contribution in [0, 0.1) is 5.41 Å². The fourth-order valence-corrected chi connectivity index (χ4v) is 4.79. The summed E-state index contributed by atoms with van der Waals surface area (Å²) in [5.74, 6) is 0.983. The maximum atomic E-state index is 12.0. The Hall–Kier alpha value is -1.51. The summed E-state index contributed by atoms with van der Waals surface area (Å²) in [7, 11) is -3.00. The molecule has 0 bridgehead atoms. The second-order valence-electron chi connectivity index (χ2n) is 8.82. The van der Waals surface area contributed by atoms with E-state index in [9.17, 15) is 13.2 Å². The van der Waals surface area contributed by atoms with Crippen LogP contribution in [0.1, 0.15) is 47.0 Å². The summed E-state index contributed by atoms with van der Waals surface area (Å²) in [5.41, 5.74) is -0.709. The number of aliphatic imine (C=N–C) groups is 1. The number of hydrogen-bond acceptors (Lipinski definition) is 5. The molecule has 0 unspecified atom stereocenters. The van der Waals surface area contributed by atoms with Crippen LogP contribution in [0.2, 0.25) is 0 Å². The number of carbonyl (C=O) groups is 1. The van der Waals surface area contributed by atoms with Crippen molar-refractivity contribution in [3.8, 4) is 0 Å². The summed E-state index contributed by atoms with van der Waals surface area (Å²) in [6, 6.07) is 0.00890. The Kier molecular flexibility index (Phi) is 6.65. The Labute approximate surface area is 163 Å². The van der Waals surface area contributed by atoms with Gasteiger partial charge in [0.25, 0.3) is 0 Å². The zero-order valence-corrected chi connectivity index (χ0v) is 18.0. The highest BCUT2D eigenvalue weighted by Gasteiger charge is 2.45. The van der Waals surface area contributed by atoms with Gasteiger partial charge in [0.05, 0.1) is 11.8 Å². The Bertz CT molecular complexity index is 665. The Morgan fingerprint density at radius 2 is 2.00 bits per heavy atom. The number of hydrogen-bond donors (Lipinski definition) is 2. The van der Waals surface area contributed by atoms with E-state index in [1.165, 1.54) is 6.26 Å². The summed E-state index contributed by atoms with van der Waals surface area (Å²) in [6.07, 6.45) is 3.52. The Morgan fingerprint density at radius 1 is 1.33 bits per heavy atom. The summed E-state index contributed by atoms with van der Waals surface area (Å²) < 4.78 is 28.6.